The van der Waals surface area contributed by atoms with Crippen molar-refractivity contribution in [3.63, 3.8) is 0 Å². The molecular formula is C47H81FN12O15. The molecule has 0 aromatic rings. The fourth-order valence-electron chi connectivity index (χ4n) is 9.38. The molecule has 0 bridgehead atoms. The third-order valence-corrected chi connectivity index (χ3v) is 13.5. The van der Waals surface area contributed by atoms with Gasteiger partial charge in [0.05, 0.1) is 51.0 Å². The number of carbonyl (C=O) groups is 8. The molecule has 4 amide bonds. The van der Waals surface area contributed by atoms with Crippen molar-refractivity contribution in [2.24, 2.45) is 5.10 Å². The number of hydrazine groups is 1. The zero-order valence-electron chi connectivity index (χ0n) is 42.9. The summed E-state index contributed by atoms with van der Waals surface area (Å²) >= 11 is 0. The van der Waals surface area contributed by atoms with E-state index in [1.165, 1.54) is 5.12 Å². The molecule has 3 fully saturated rings. The summed E-state index contributed by atoms with van der Waals surface area (Å²) in [6.07, 6.45) is 1.59. The number of carboxylic acid groups (broad SMARTS) is 3. The number of carbonyl (C=O) groups excluding carboxylic acids is 5. The van der Waals surface area contributed by atoms with Gasteiger partial charge in [-0.1, -0.05) is 19.3 Å². The number of aldehydes is 1. The lowest BCUT2D eigenvalue weighted by molar-refractivity contribution is -0.262. The van der Waals surface area contributed by atoms with E-state index in [-0.39, 0.29) is 110 Å². The largest absolute Gasteiger partial charge is 0.480 e. The second-order valence-electron chi connectivity index (χ2n) is 19.5. The maximum absolute atomic E-state index is 16.7. The highest BCUT2D eigenvalue weighted by Gasteiger charge is 2.52. The monoisotopic (exact) mass is 1070 g/mol. The number of fused-ring (bicyclic) bond motifs is 1. The molecule has 0 aromatic carbocycles. The highest BCUT2D eigenvalue weighted by Crippen LogP contribution is 2.33. The average Bonchev–Trinajstić information content (AvgIpc) is 3.70. The SMILES string of the molecule is O=CCN[C@H]1C(NC(=O)CCCCCCNC(=O)CCCCCNC(=O)C2(F)CCCCC3=NN(CCCNC(=O)CN4CCN(CC(=O)O)CCN(CC(=O)O)CCN(CC(=O)O)CC4)NC32)O[C@H](O)[C@@H](O)[C@@H]1O. The summed E-state index contributed by atoms with van der Waals surface area (Å²) in [6.45, 7) is 2.42. The molecule has 7 atom stereocenters. The highest BCUT2D eigenvalue weighted by atomic mass is 19.1. The maximum Gasteiger partial charge on any atom is 0.317 e. The molecule has 426 valence electrons. The number of hydrogen-bond acceptors (Lipinski definition) is 20. The second-order valence-corrected chi connectivity index (χ2v) is 19.5. The van der Waals surface area contributed by atoms with Crippen molar-refractivity contribution in [3.05, 3.63) is 0 Å². The number of hydrazone groups is 1. The van der Waals surface area contributed by atoms with Crippen LogP contribution in [0.2, 0.25) is 0 Å². The number of aliphatic carboxylic acids is 3. The number of aliphatic hydroxyl groups is 3. The normalized spacial score (nSPS) is 25.6. The van der Waals surface area contributed by atoms with Crippen LogP contribution in [0.3, 0.4) is 0 Å². The van der Waals surface area contributed by atoms with Crippen molar-refractivity contribution in [2.45, 2.75) is 132 Å². The molecule has 0 radical (unpaired) electrons. The van der Waals surface area contributed by atoms with E-state index >= 15 is 4.39 Å². The van der Waals surface area contributed by atoms with Crippen LogP contribution in [-0.2, 0) is 43.1 Å². The van der Waals surface area contributed by atoms with Crippen molar-refractivity contribution in [2.75, 3.05) is 111 Å². The van der Waals surface area contributed by atoms with Gasteiger partial charge in [0.15, 0.2) is 12.5 Å². The Balaban J connectivity index is 1.09. The van der Waals surface area contributed by atoms with Gasteiger partial charge in [0.1, 0.15) is 24.5 Å². The van der Waals surface area contributed by atoms with E-state index in [1.54, 1.807) is 14.7 Å². The summed E-state index contributed by atoms with van der Waals surface area (Å²) in [4.78, 5) is 104. The molecule has 2 saturated heterocycles. The van der Waals surface area contributed by atoms with Gasteiger partial charge in [0, 0.05) is 84.8 Å². The fourth-order valence-corrected chi connectivity index (χ4v) is 9.38. The van der Waals surface area contributed by atoms with Gasteiger partial charge in [-0.25, -0.2) is 14.9 Å². The Labute approximate surface area is 436 Å². The highest BCUT2D eigenvalue weighted by molar-refractivity contribution is 5.99. The van der Waals surface area contributed by atoms with Crippen molar-refractivity contribution >= 4 is 53.5 Å². The number of alkyl halides is 1. The number of hydrogen-bond donors (Lipinski definition) is 12. The first-order chi connectivity index (χ1) is 35.9. The van der Waals surface area contributed by atoms with E-state index in [0.717, 1.165) is 6.42 Å². The van der Waals surface area contributed by atoms with Crippen LogP contribution in [-0.4, -0.2) is 263 Å². The van der Waals surface area contributed by atoms with Crippen molar-refractivity contribution < 1.29 is 78.1 Å². The number of aliphatic hydroxyl groups excluding tert-OH is 3. The van der Waals surface area contributed by atoms with Gasteiger partial charge in [0.25, 0.3) is 5.91 Å². The number of nitrogens with one attached hydrogen (secondary N) is 6. The molecule has 1 saturated carbocycles. The molecular weight excluding hydrogens is 992 g/mol. The topological polar surface area (TPSA) is 368 Å². The predicted molar refractivity (Wildman–Crippen MR) is 266 cm³/mol. The summed E-state index contributed by atoms with van der Waals surface area (Å²) in [5.41, 5.74) is 1.37. The first-order valence-electron chi connectivity index (χ1n) is 26.2. The van der Waals surface area contributed by atoms with Gasteiger partial charge in [-0.3, -0.25) is 53.2 Å². The molecule has 1 aliphatic carbocycles. The van der Waals surface area contributed by atoms with E-state index in [9.17, 15) is 69.0 Å². The zero-order valence-corrected chi connectivity index (χ0v) is 42.9. The Morgan fingerprint density at radius 2 is 1.16 bits per heavy atom. The summed E-state index contributed by atoms with van der Waals surface area (Å²) in [5.74, 6) is -4.67. The molecule has 75 heavy (non-hydrogen) atoms. The number of unbranched alkanes of at least 4 members (excludes halogenated alkanes) is 5. The van der Waals surface area contributed by atoms with Crippen LogP contribution in [0, 0.1) is 0 Å². The van der Waals surface area contributed by atoms with Crippen molar-refractivity contribution in [3.8, 4) is 0 Å². The van der Waals surface area contributed by atoms with E-state index in [2.05, 4.69) is 37.1 Å². The quantitative estimate of drug-likeness (QED) is 0.0242. The van der Waals surface area contributed by atoms with Crippen molar-refractivity contribution in [1.82, 2.24) is 56.7 Å². The van der Waals surface area contributed by atoms with Gasteiger partial charge < -0.3 is 66.8 Å². The van der Waals surface area contributed by atoms with Crippen LogP contribution >= 0.6 is 0 Å². The Morgan fingerprint density at radius 3 is 1.73 bits per heavy atom. The Kier molecular flexibility index (Phi) is 27.7. The summed E-state index contributed by atoms with van der Waals surface area (Å²) < 4.78 is 21.9. The van der Waals surface area contributed by atoms with Crippen LogP contribution in [0.4, 0.5) is 4.39 Å². The average molecular weight is 1070 g/mol. The number of halogens is 1. The molecule has 3 unspecified atom stereocenters. The Morgan fingerprint density at radius 1 is 0.653 bits per heavy atom. The standard InChI is InChI=1S/C47H81FN12O15/c48-47(46(74)52-16-9-3-5-12-34(62)49-15-8-2-1-4-13-35(63)53-44-40(51-18-28-61)41(71)42(72)45(73)75-44)14-7-6-11-33-43(47)55-60(54-33)19-10-17-50-36(64)29-56-20-22-57(30-37(65)66)24-26-59(32-39(69)70)27-25-58(23-21-56)31-38(67)68/h28,40-45,51,55,71-73H,1-27,29-32H2,(H,49,62)(H,50,64)(H,52,74)(H,53,63)(H,65,66)(H,67,68)(H,69,70)/t40-,41-,42+,43?,44?,45+,47?/m1/s1. The van der Waals surface area contributed by atoms with E-state index in [1.807, 2.05) is 4.90 Å². The molecule has 0 aromatic heterocycles. The minimum absolute atomic E-state index is 0.0130. The number of ether oxygens (including phenoxy) is 1. The first kappa shape index (κ1) is 62.5. The molecule has 28 heteroatoms. The molecule has 0 spiro atoms. The predicted octanol–water partition coefficient (Wildman–Crippen LogP) is -3.79. The maximum atomic E-state index is 16.7. The lowest BCUT2D eigenvalue weighted by Gasteiger charge is -2.41. The number of carboxylic acids is 3. The molecule has 27 nitrogen and oxygen atoms in total. The van der Waals surface area contributed by atoms with E-state index < -0.39 is 72.2 Å². The number of nitrogens with zero attached hydrogens (tertiary/aromatic N) is 6. The van der Waals surface area contributed by atoms with Crippen LogP contribution < -0.4 is 32.0 Å². The van der Waals surface area contributed by atoms with E-state index in [0.29, 0.717) is 109 Å². The Bertz CT molecular complexity index is 1860. The third-order valence-electron chi connectivity index (χ3n) is 13.5. The minimum atomic E-state index is -2.24. The summed E-state index contributed by atoms with van der Waals surface area (Å²) in [5, 5.41) is 78.2. The summed E-state index contributed by atoms with van der Waals surface area (Å²) in [6, 6.07) is -1.96. The second kappa shape index (κ2) is 33.2. The van der Waals surface area contributed by atoms with Crippen LogP contribution in [0.1, 0.15) is 89.9 Å². The lowest BCUT2D eigenvalue weighted by atomic mass is 9.89. The molecule has 12 N–H and O–H groups in total. The van der Waals surface area contributed by atoms with Crippen LogP contribution in [0.5, 0.6) is 0 Å². The van der Waals surface area contributed by atoms with Gasteiger partial charge >= 0.3 is 17.9 Å². The molecule has 4 rings (SSSR count). The minimum Gasteiger partial charge on any atom is -0.480 e. The smallest absolute Gasteiger partial charge is 0.317 e. The Hall–Kier alpha value is -5.04. The summed E-state index contributed by atoms with van der Waals surface area (Å²) in [7, 11) is 0. The van der Waals surface area contributed by atoms with Crippen molar-refractivity contribution in [1.29, 1.82) is 0 Å². The lowest BCUT2D eigenvalue weighted by Crippen LogP contribution is -2.67. The van der Waals surface area contributed by atoms with Crippen LogP contribution in [0.15, 0.2) is 5.10 Å². The van der Waals surface area contributed by atoms with Gasteiger partial charge in [-0.2, -0.15) is 5.10 Å². The number of amides is 4. The number of rotatable bonds is 30. The van der Waals surface area contributed by atoms with Gasteiger partial charge in [0.2, 0.25) is 23.4 Å². The zero-order chi connectivity index (χ0) is 54.8. The van der Waals surface area contributed by atoms with Gasteiger partial charge in [-0.15, -0.1) is 0 Å². The molecule has 4 aliphatic rings. The van der Waals surface area contributed by atoms with Gasteiger partial charge in [-0.05, 0) is 57.8 Å². The first-order valence-corrected chi connectivity index (χ1v) is 26.2. The third kappa shape index (κ3) is 22.6. The van der Waals surface area contributed by atoms with Crippen LogP contribution in [0.25, 0.3) is 0 Å². The molecule has 3 heterocycles. The van der Waals surface area contributed by atoms with E-state index in [4.69, 9.17) is 4.74 Å². The molecule has 3 aliphatic heterocycles. The fraction of sp³-hybridized carbons (Fsp3) is 0.809.